The van der Waals surface area contributed by atoms with Gasteiger partial charge in [0.05, 0.1) is 6.04 Å². The minimum absolute atomic E-state index is 0.379. The molecule has 3 aromatic carbocycles. The van der Waals surface area contributed by atoms with Crippen molar-refractivity contribution in [3.63, 3.8) is 0 Å². The van der Waals surface area contributed by atoms with Crippen molar-refractivity contribution in [2.45, 2.75) is 116 Å². The van der Waals surface area contributed by atoms with Crippen LogP contribution in [0.25, 0.3) is 22.3 Å². The third-order valence-electron chi connectivity index (χ3n) is 8.69. The topological polar surface area (TPSA) is 24.4 Å². The lowest BCUT2D eigenvalue weighted by molar-refractivity contribution is 0.409. The summed E-state index contributed by atoms with van der Waals surface area (Å²) in [5, 5.41) is 4.05. The fraction of sp³-hybridized carbons (Fsp3) is 0.439. The average Bonchev–Trinajstić information content (AvgIpc) is 3.03. The van der Waals surface area contributed by atoms with E-state index in [2.05, 4.69) is 134 Å². The van der Waals surface area contributed by atoms with Gasteiger partial charge in [-0.05, 0) is 72.2 Å². The third-order valence-corrected chi connectivity index (χ3v) is 10.4. The predicted octanol–water partition coefficient (Wildman–Crippen LogP) is 10.5. The Balaban J connectivity index is 1.63. The lowest BCUT2D eigenvalue weighted by Gasteiger charge is -2.28. The van der Waals surface area contributed by atoms with E-state index in [0.29, 0.717) is 12.1 Å². The maximum atomic E-state index is 5.59. The summed E-state index contributed by atoms with van der Waals surface area (Å²) in [7, 11) is -2.88. The standard InChI is InChI=1S/C41H52N2Si2/c1-44(2,3)30-28-32-20-24-34(25-21-32)38-18-13-19-39(35-26-22-33(23-27-35)29-31-45(4,5)6)40(38)41(42-36-14-9-7-10-15-36)43-37-16-11-8-12-17-37/h13,18-27,36-37H,7-12,14-17H2,1-6H3,(H,42,43). The van der Waals surface area contributed by atoms with Gasteiger partial charge in [0.15, 0.2) is 0 Å². The Bertz CT molecular complexity index is 1490. The minimum Gasteiger partial charge on any atom is -0.367 e. The number of nitrogens with zero attached hydrogens (tertiary/aromatic N) is 1. The van der Waals surface area contributed by atoms with Crippen LogP contribution in [-0.4, -0.2) is 34.1 Å². The maximum absolute atomic E-state index is 5.59. The van der Waals surface area contributed by atoms with E-state index in [0.717, 1.165) is 17.0 Å². The summed E-state index contributed by atoms with van der Waals surface area (Å²) < 4.78 is 0. The largest absolute Gasteiger partial charge is 0.367 e. The number of amidine groups is 1. The third kappa shape index (κ3) is 9.83. The fourth-order valence-corrected chi connectivity index (χ4v) is 7.32. The van der Waals surface area contributed by atoms with Crippen LogP contribution in [0, 0.1) is 22.9 Å². The number of nitrogens with one attached hydrogen (secondary N) is 1. The summed E-state index contributed by atoms with van der Waals surface area (Å²) in [6, 6.07) is 25.4. The molecular weight excluding hydrogens is 577 g/mol. The molecule has 2 fully saturated rings. The molecule has 0 aliphatic heterocycles. The van der Waals surface area contributed by atoms with Crippen LogP contribution in [0.1, 0.15) is 80.9 Å². The van der Waals surface area contributed by atoms with Gasteiger partial charge >= 0.3 is 0 Å². The number of rotatable bonds is 5. The fourth-order valence-electron chi connectivity index (χ4n) is 6.28. The van der Waals surface area contributed by atoms with E-state index in [4.69, 9.17) is 4.99 Å². The Labute approximate surface area is 275 Å². The highest BCUT2D eigenvalue weighted by atomic mass is 28.3. The number of hydrogen-bond acceptors (Lipinski definition) is 1. The van der Waals surface area contributed by atoms with Gasteiger partial charge in [-0.2, -0.15) is 0 Å². The molecule has 4 heteroatoms. The van der Waals surface area contributed by atoms with Crippen molar-refractivity contribution in [1.29, 1.82) is 0 Å². The predicted molar refractivity (Wildman–Crippen MR) is 201 cm³/mol. The normalized spacial score (nSPS) is 16.7. The zero-order chi connectivity index (χ0) is 31.9. The van der Waals surface area contributed by atoms with Gasteiger partial charge in [0.25, 0.3) is 0 Å². The van der Waals surface area contributed by atoms with E-state index in [1.807, 2.05) is 0 Å². The Morgan fingerprint density at radius 1 is 0.600 bits per heavy atom. The molecular formula is C41H52N2Si2. The molecule has 3 aromatic rings. The first kappa shape index (κ1) is 33.1. The maximum Gasteiger partial charge on any atom is 0.130 e. The summed E-state index contributed by atoms with van der Waals surface area (Å²) in [5.74, 6) is 7.96. The van der Waals surface area contributed by atoms with Crippen molar-refractivity contribution in [3.8, 4) is 45.2 Å². The molecule has 2 aliphatic carbocycles. The second kappa shape index (κ2) is 14.9. The Morgan fingerprint density at radius 2 is 1.04 bits per heavy atom. The Hall–Kier alpha value is -3.32. The van der Waals surface area contributed by atoms with Crippen LogP contribution in [0.4, 0.5) is 0 Å². The summed E-state index contributed by atoms with van der Waals surface area (Å²) >= 11 is 0. The SMILES string of the molecule is C[Si](C)(C)C#Cc1ccc(-c2cccc(-c3ccc(C#C[Si](C)(C)C)cc3)c2C(=NC2CCCCC2)NC2CCCCC2)cc1. The van der Waals surface area contributed by atoms with Crippen molar-refractivity contribution in [2.24, 2.45) is 4.99 Å². The van der Waals surface area contributed by atoms with Gasteiger partial charge in [-0.1, -0.05) is 132 Å². The first-order chi connectivity index (χ1) is 21.5. The zero-order valence-corrected chi connectivity index (χ0v) is 30.5. The molecule has 234 valence electrons. The molecule has 0 bridgehead atoms. The second-order valence-corrected chi connectivity index (χ2v) is 24.6. The highest BCUT2D eigenvalue weighted by molar-refractivity contribution is 6.84. The van der Waals surface area contributed by atoms with Crippen molar-refractivity contribution in [3.05, 3.63) is 83.4 Å². The van der Waals surface area contributed by atoms with Gasteiger partial charge in [-0.15, -0.1) is 11.1 Å². The van der Waals surface area contributed by atoms with Crippen molar-refractivity contribution < 1.29 is 0 Å². The van der Waals surface area contributed by atoms with E-state index in [1.54, 1.807) is 0 Å². The van der Waals surface area contributed by atoms with Crippen LogP contribution >= 0.6 is 0 Å². The molecule has 0 saturated heterocycles. The first-order valence-electron chi connectivity index (χ1n) is 17.3. The molecule has 0 unspecified atom stereocenters. The second-order valence-electron chi connectivity index (χ2n) is 15.1. The average molecular weight is 629 g/mol. The minimum atomic E-state index is -1.44. The van der Waals surface area contributed by atoms with Crippen molar-refractivity contribution in [2.75, 3.05) is 0 Å². The van der Waals surface area contributed by atoms with Gasteiger partial charge in [0.1, 0.15) is 22.0 Å². The molecule has 0 aromatic heterocycles. The van der Waals surface area contributed by atoms with Crippen LogP contribution in [0.15, 0.2) is 71.7 Å². The Kier molecular flexibility index (Phi) is 10.9. The van der Waals surface area contributed by atoms with E-state index in [-0.39, 0.29) is 0 Å². The van der Waals surface area contributed by atoms with Crippen LogP contribution in [0.3, 0.4) is 0 Å². The van der Waals surface area contributed by atoms with E-state index in [1.165, 1.54) is 92.0 Å². The summed E-state index contributed by atoms with van der Waals surface area (Å²) in [5.41, 5.74) is 15.3. The molecule has 2 nitrogen and oxygen atoms in total. The molecule has 2 saturated carbocycles. The molecule has 0 amide bonds. The summed E-state index contributed by atoms with van der Waals surface area (Å²) in [4.78, 5) is 5.59. The van der Waals surface area contributed by atoms with Crippen LogP contribution in [0.5, 0.6) is 0 Å². The van der Waals surface area contributed by atoms with Crippen molar-refractivity contribution >= 4 is 22.0 Å². The van der Waals surface area contributed by atoms with Crippen LogP contribution < -0.4 is 5.32 Å². The van der Waals surface area contributed by atoms with E-state index >= 15 is 0 Å². The highest BCUT2D eigenvalue weighted by Crippen LogP contribution is 2.35. The monoisotopic (exact) mass is 628 g/mol. The molecule has 45 heavy (non-hydrogen) atoms. The summed E-state index contributed by atoms with van der Waals surface area (Å²) in [6.07, 6.45) is 12.6. The molecule has 0 atom stereocenters. The highest BCUT2D eigenvalue weighted by Gasteiger charge is 2.23. The number of benzene rings is 3. The molecule has 2 aliphatic rings. The van der Waals surface area contributed by atoms with Gasteiger partial charge in [-0.3, -0.25) is 4.99 Å². The van der Waals surface area contributed by atoms with Gasteiger partial charge in [-0.25, -0.2) is 0 Å². The number of hydrogen-bond donors (Lipinski definition) is 1. The molecule has 0 radical (unpaired) electrons. The number of aliphatic imine (C=N–C) groups is 1. The van der Waals surface area contributed by atoms with Gasteiger partial charge < -0.3 is 5.32 Å². The first-order valence-corrected chi connectivity index (χ1v) is 24.3. The quantitative estimate of drug-likeness (QED) is 0.129. The zero-order valence-electron chi connectivity index (χ0n) is 28.5. The molecule has 0 spiro atoms. The van der Waals surface area contributed by atoms with Gasteiger partial charge in [0.2, 0.25) is 0 Å². The van der Waals surface area contributed by atoms with Gasteiger partial charge in [0, 0.05) is 22.7 Å². The van der Waals surface area contributed by atoms with Crippen LogP contribution in [0.2, 0.25) is 39.3 Å². The molecule has 5 rings (SSSR count). The van der Waals surface area contributed by atoms with Crippen molar-refractivity contribution in [1.82, 2.24) is 5.32 Å². The molecule has 1 N–H and O–H groups in total. The Morgan fingerprint density at radius 3 is 1.49 bits per heavy atom. The summed E-state index contributed by atoms with van der Waals surface area (Å²) in [6.45, 7) is 13.8. The van der Waals surface area contributed by atoms with E-state index in [9.17, 15) is 0 Å². The lowest BCUT2D eigenvalue weighted by Crippen LogP contribution is -2.38. The van der Waals surface area contributed by atoms with Crippen LogP contribution in [-0.2, 0) is 0 Å². The lowest BCUT2D eigenvalue weighted by atomic mass is 9.89. The van der Waals surface area contributed by atoms with E-state index < -0.39 is 16.1 Å². The smallest absolute Gasteiger partial charge is 0.130 e. The molecule has 0 heterocycles.